The van der Waals surface area contributed by atoms with Crippen molar-refractivity contribution in [3.8, 4) is 5.75 Å². The summed E-state index contributed by atoms with van der Waals surface area (Å²) in [7, 11) is 0. The van der Waals surface area contributed by atoms with Gasteiger partial charge in [-0.15, -0.1) is 0 Å². The van der Waals surface area contributed by atoms with Crippen molar-refractivity contribution >= 4 is 23.0 Å². The standard InChI is InChI=1S/C25H23N3O3/c1-18-8-10-19(11-9-18)23(29)12-13-25(30)27-20-5-4-6-22(15-20)31-17-21-16-28-14-3-2-7-24(28)26-21/h2-11,14-16H,12-13,17H2,1H3,(H,27,30). The van der Waals surface area contributed by atoms with Gasteiger partial charge < -0.3 is 14.5 Å². The summed E-state index contributed by atoms with van der Waals surface area (Å²) in [5.41, 5.74) is 4.02. The first-order valence-corrected chi connectivity index (χ1v) is 10.1. The zero-order valence-electron chi connectivity index (χ0n) is 17.2. The summed E-state index contributed by atoms with van der Waals surface area (Å²) in [6.45, 7) is 2.29. The van der Waals surface area contributed by atoms with Crippen molar-refractivity contribution in [1.29, 1.82) is 0 Å². The molecule has 1 amide bonds. The lowest BCUT2D eigenvalue weighted by Gasteiger charge is -2.08. The zero-order chi connectivity index (χ0) is 21.6. The van der Waals surface area contributed by atoms with Crippen molar-refractivity contribution in [3.05, 3.63) is 95.9 Å². The number of carbonyl (C=O) groups is 2. The number of imidazole rings is 1. The van der Waals surface area contributed by atoms with Crippen LogP contribution in [-0.4, -0.2) is 21.1 Å². The van der Waals surface area contributed by atoms with E-state index in [2.05, 4.69) is 10.3 Å². The van der Waals surface area contributed by atoms with Gasteiger partial charge in [0, 0.05) is 42.6 Å². The Labute approximate surface area is 180 Å². The fourth-order valence-corrected chi connectivity index (χ4v) is 3.21. The molecule has 2 aromatic carbocycles. The van der Waals surface area contributed by atoms with Crippen LogP contribution in [0.15, 0.2) is 79.1 Å². The van der Waals surface area contributed by atoms with E-state index in [1.54, 1.807) is 24.3 Å². The third-order valence-corrected chi connectivity index (χ3v) is 4.87. The van der Waals surface area contributed by atoms with Crippen molar-refractivity contribution in [2.75, 3.05) is 5.32 Å². The molecule has 6 nitrogen and oxygen atoms in total. The van der Waals surface area contributed by atoms with Crippen LogP contribution in [0.4, 0.5) is 5.69 Å². The fraction of sp³-hybridized carbons (Fsp3) is 0.160. The number of anilines is 1. The highest BCUT2D eigenvalue weighted by atomic mass is 16.5. The van der Waals surface area contributed by atoms with E-state index in [0.717, 1.165) is 16.9 Å². The van der Waals surface area contributed by atoms with E-state index in [0.29, 0.717) is 23.6 Å². The molecule has 6 heteroatoms. The summed E-state index contributed by atoms with van der Waals surface area (Å²) < 4.78 is 7.77. The van der Waals surface area contributed by atoms with Gasteiger partial charge in [0.15, 0.2) is 5.78 Å². The first-order valence-electron chi connectivity index (χ1n) is 10.1. The van der Waals surface area contributed by atoms with Gasteiger partial charge in [0.2, 0.25) is 5.91 Å². The molecular formula is C25H23N3O3. The Balaban J connectivity index is 1.29. The van der Waals surface area contributed by atoms with Crippen LogP contribution in [0.3, 0.4) is 0 Å². The topological polar surface area (TPSA) is 72.7 Å². The van der Waals surface area contributed by atoms with E-state index in [1.165, 1.54) is 0 Å². The van der Waals surface area contributed by atoms with Gasteiger partial charge in [-0.25, -0.2) is 4.98 Å². The third kappa shape index (κ3) is 5.36. The summed E-state index contributed by atoms with van der Waals surface area (Å²) in [5.74, 6) is 0.378. The highest BCUT2D eigenvalue weighted by Gasteiger charge is 2.10. The zero-order valence-corrected chi connectivity index (χ0v) is 17.2. The van der Waals surface area contributed by atoms with Crippen LogP contribution in [-0.2, 0) is 11.4 Å². The molecule has 2 heterocycles. The van der Waals surface area contributed by atoms with E-state index < -0.39 is 0 Å². The van der Waals surface area contributed by atoms with Gasteiger partial charge in [0.1, 0.15) is 18.0 Å². The van der Waals surface area contributed by atoms with Crippen molar-refractivity contribution in [1.82, 2.24) is 9.38 Å². The van der Waals surface area contributed by atoms with Crippen LogP contribution < -0.4 is 10.1 Å². The number of carbonyl (C=O) groups excluding carboxylic acids is 2. The minimum atomic E-state index is -0.210. The molecular weight excluding hydrogens is 390 g/mol. The van der Waals surface area contributed by atoms with Gasteiger partial charge in [-0.2, -0.15) is 0 Å². The normalized spacial score (nSPS) is 10.7. The first kappa shape index (κ1) is 20.3. The number of hydrogen-bond donors (Lipinski definition) is 1. The maximum absolute atomic E-state index is 12.3. The van der Waals surface area contributed by atoms with Crippen LogP contribution >= 0.6 is 0 Å². The smallest absolute Gasteiger partial charge is 0.224 e. The number of pyridine rings is 1. The number of fused-ring (bicyclic) bond motifs is 1. The maximum atomic E-state index is 12.3. The Bertz CT molecular complexity index is 1180. The molecule has 4 aromatic rings. The van der Waals surface area contributed by atoms with E-state index in [9.17, 15) is 9.59 Å². The van der Waals surface area contributed by atoms with Gasteiger partial charge in [-0.1, -0.05) is 42.0 Å². The molecule has 0 aliphatic rings. The number of rotatable bonds is 8. The van der Waals surface area contributed by atoms with Crippen molar-refractivity contribution in [3.63, 3.8) is 0 Å². The Morgan fingerprint density at radius 3 is 2.65 bits per heavy atom. The lowest BCUT2D eigenvalue weighted by Crippen LogP contribution is -2.13. The van der Waals surface area contributed by atoms with Crippen molar-refractivity contribution in [2.24, 2.45) is 0 Å². The predicted octanol–water partition coefficient (Wildman–Crippen LogP) is 4.82. The van der Waals surface area contributed by atoms with Gasteiger partial charge in [0.25, 0.3) is 0 Å². The summed E-state index contributed by atoms with van der Waals surface area (Å²) in [5, 5.41) is 2.83. The number of hydrogen-bond acceptors (Lipinski definition) is 4. The Hall–Kier alpha value is -3.93. The number of ketones is 1. The first-order chi connectivity index (χ1) is 15.1. The molecule has 0 spiro atoms. The Morgan fingerprint density at radius 1 is 1.00 bits per heavy atom. The second kappa shape index (κ2) is 9.26. The molecule has 0 bridgehead atoms. The minimum Gasteiger partial charge on any atom is -0.487 e. The number of Topliss-reactive ketones (excluding diaryl/α,β-unsaturated/α-hetero) is 1. The highest BCUT2D eigenvalue weighted by molar-refractivity contribution is 6.00. The SMILES string of the molecule is Cc1ccc(C(=O)CCC(=O)Nc2cccc(OCc3cn4ccccc4n3)c2)cc1. The molecule has 0 radical (unpaired) electrons. The average molecular weight is 413 g/mol. The van der Waals surface area contributed by atoms with Crippen LogP contribution in [0, 0.1) is 6.92 Å². The van der Waals surface area contributed by atoms with E-state index >= 15 is 0 Å². The quantitative estimate of drug-likeness (QED) is 0.420. The van der Waals surface area contributed by atoms with E-state index in [1.807, 2.05) is 66.2 Å². The molecule has 4 rings (SSSR count). The predicted molar refractivity (Wildman–Crippen MR) is 119 cm³/mol. The highest BCUT2D eigenvalue weighted by Crippen LogP contribution is 2.19. The van der Waals surface area contributed by atoms with Gasteiger partial charge in [-0.3, -0.25) is 9.59 Å². The Morgan fingerprint density at radius 2 is 1.84 bits per heavy atom. The summed E-state index contributed by atoms with van der Waals surface area (Å²) in [6, 6.07) is 20.4. The summed E-state index contributed by atoms with van der Waals surface area (Å²) in [4.78, 5) is 29.0. The molecule has 0 aliphatic carbocycles. The molecule has 31 heavy (non-hydrogen) atoms. The lowest BCUT2D eigenvalue weighted by molar-refractivity contribution is -0.116. The molecule has 0 unspecified atom stereocenters. The van der Waals surface area contributed by atoms with Crippen LogP contribution in [0.5, 0.6) is 5.75 Å². The van der Waals surface area contributed by atoms with Crippen molar-refractivity contribution < 1.29 is 14.3 Å². The number of nitrogens with zero attached hydrogens (tertiary/aromatic N) is 2. The third-order valence-electron chi connectivity index (χ3n) is 4.87. The maximum Gasteiger partial charge on any atom is 0.224 e. The molecule has 1 N–H and O–H groups in total. The van der Waals surface area contributed by atoms with Gasteiger partial charge >= 0.3 is 0 Å². The second-order valence-corrected chi connectivity index (χ2v) is 7.35. The van der Waals surface area contributed by atoms with Crippen LogP contribution in [0.2, 0.25) is 0 Å². The number of ether oxygens (including phenoxy) is 1. The number of amides is 1. The largest absolute Gasteiger partial charge is 0.487 e. The summed E-state index contributed by atoms with van der Waals surface area (Å²) in [6.07, 6.45) is 4.15. The van der Waals surface area contributed by atoms with E-state index in [4.69, 9.17) is 4.74 Å². The summed E-state index contributed by atoms with van der Waals surface area (Å²) >= 11 is 0. The van der Waals surface area contributed by atoms with Gasteiger partial charge in [0.05, 0.1) is 5.69 Å². The number of nitrogens with one attached hydrogen (secondary N) is 1. The van der Waals surface area contributed by atoms with Crippen LogP contribution in [0.25, 0.3) is 5.65 Å². The number of aryl methyl sites for hydroxylation is 1. The van der Waals surface area contributed by atoms with E-state index in [-0.39, 0.29) is 24.5 Å². The molecule has 0 saturated carbocycles. The molecule has 156 valence electrons. The Kier molecular flexibility index (Phi) is 6.08. The number of benzene rings is 2. The second-order valence-electron chi connectivity index (χ2n) is 7.35. The molecule has 0 aliphatic heterocycles. The molecule has 0 fully saturated rings. The number of aromatic nitrogens is 2. The molecule has 0 atom stereocenters. The monoisotopic (exact) mass is 413 g/mol. The fourth-order valence-electron chi connectivity index (χ4n) is 3.21. The lowest BCUT2D eigenvalue weighted by atomic mass is 10.0. The minimum absolute atomic E-state index is 0.0420. The van der Waals surface area contributed by atoms with Gasteiger partial charge in [-0.05, 0) is 31.2 Å². The van der Waals surface area contributed by atoms with Crippen LogP contribution in [0.1, 0.15) is 34.5 Å². The molecule has 0 saturated heterocycles. The average Bonchev–Trinajstić information content (AvgIpc) is 3.20. The molecule has 2 aromatic heterocycles. The van der Waals surface area contributed by atoms with Crippen molar-refractivity contribution in [2.45, 2.75) is 26.4 Å².